The Morgan fingerprint density at radius 1 is 1.11 bits per heavy atom. The average Bonchev–Trinajstić information content (AvgIpc) is 2.38. The van der Waals surface area contributed by atoms with Crippen LogP contribution in [0.25, 0.3) is 10.8 Å². The molecule has 0 saturated carbocycles. The molecule has 98 valence electrons. The number of nitrogens with zero attached hydrogens (tertiary/aromatic N) is 1. The van der Waals surface area contributed by atoms with E-state index >= 15 is 0 Å². The highest BCUT2D eigenvalue weighted by molar-refractivity contribution is 5.88. The Morgan fingerprint density at radius 2 is 1.79 bits per heavy atom. The summed E-state index contributed by atoms with van der Waals surface area (Å²) < 4.78 is 0. The zero-order valence-corrected chi connectivity index (χ0v) is 12.0. The van der Waals surface area contributed by atoms with Crippen molar-refractivity contribution in [2.24, 2.45) is 10.9 Å². The van der Waals surface area contributed by atoms with Gasteiger partial charge in [0.15, 0.2) is 0 Å². The molecule has 0 spiro atoms. The predicted octanol–water partition coefficient (Wildman–Crippen LogP) is 5.01. The van der Waals surface area contributed by atoms with Crippen molar-refractivity contribution in [3.05, 3.63) is 60.3 Å². The van der Waals surface area contributed by atoms with Gasteiger partial charge in [0.25, 0.3) is 0 Å². The van der Waals surface area contributed by atoms with E-state index in [0.29, 0.717) is 5.92 Å². The van der Waals surface area contributed by atoms with E-state index in [4.69, 9.17) is 0 Å². The molecule has 0 radical (unpaired) electrons. The third-order valence-electron chi connectivity index (χ3n) is 3.27. The molecule has 0 aliphatic carbocycles. The molecule has 0 aromatic heterocycles. The van der Waals surface area contributed by atoms with Crippen molar-refractivity contribution in [2.45, 2.75) is 27.2 Å². The molecule has 0 bridgehead atoms. The minimum atomic E-state index is 0.409. The maximum Gasteiger partial charge on any atom is 0.0356 e. The Morgan fingerprint density at radius 3 is 2.47 bits per heavy atom. The zero-order chi connectivity index (χ0) is 13.8. The van der Waals surface area contributed by atoms with Crippen LogP contribution in [-0.2, 0) is 6.42 Å². The highest BCUT2D eigenvalue weighted by atomic mass is 14.8. The molecule has 0 saturated heterocycles. The van der Waals surface area contributed by atoms with E-state index in [1.54, 1.807) is 0 Å². The molecule has 1 heteroatoms. The van der Waals surface area contributed by atoms with Gasteiger partial charge in [0, 0.05) is 17.8 Å². The van der Waals surface area contributed by atoms with Gasteiger partial charge in [-0.15, -0.1) is 0 Å². The zero-order valence-electron chi connectivity index (χ0n) is 12.0. The molecule has 0 N–H and O–H groups in total. The summed E-state index contributed by atoms with van der Waals surface area (Å²) in [5, 5.41) is 2.57. The van der Waals surface area contributed by atoms with E-state index in [1.807, 2.05) is 0 Å². The van der Waals surface area contributed by atoms with Crippen molar-refractivity contribution >= 4 is 16.5 Å². The lowest BCUT2D eigenvalue weighted by atomic mass is 10.0. The van der Waals surface area contributed by atoms with Gasteiger partial charge < -0.3 is 0 Å². The van der Waals surface area contributed by atoms with Crippen LogP contribution < -0.4 is 0 Å². The van der Waals surface area contributed by atoms with Crippen LogP contribution in [0.5, 0.6) is 0 Å². The molecule has 1 nitrogen and oxygen atoms in total. The average molecular weight is 251 g/mol. The fourth-order valence-corrected chi connectivity index (χ4v) is 2.06. The first-order chi connectivity index (χ1) is 9.06. The van der Waals surface area contributed by atoms with Gasteiger partial charge in [-0.25, -0.2) is 0 Å². The van der Waals surface area contributed by atoms with Crippen LogP contribution in [0.2, 0.25) is 0 Å². The second-order valence-corrected chi connectivity index (χ2v) is 5.35. The van der Waals surface area contributed by atoms with Crippen molar-refractivity contribution in [3.63, 3.8) is 0 Å². The third kappa shape index (κ3) is 3.54. The molecule has 2 rings (SSSR count). The van der Waals surface area contributed by atoms with Gasteiger partial charge in [-0.2, -0.15) is 0 Å². The van der Waals surface area contributed by atoms with Crippen LogP contribution in [0.1, 0.15) is 26.3 Å². The van der Waals surface area contributed by atoms with E-state index in [1.165, 1.54) is 16.3 Å². The van der Waals surface area contributed by atoms with E-state index in [9.17, 15) is 0 Å². The summed E-state index contributed by atoms with van der Waals surface area (Å²) in [4.78, 5) is 4.57. The van der Waals surface area contributed by atoms with Crippen molar-refractivity contribution < 1.29 is 0 Å². The summed E-state index contributed by atoms with van der Waals surface area (Å²) in [6, 6.07) is 15.0. The summed E-state index contributed by atoms with van der Waals surface area (Å²) in [6.07, 6.45) is 0.885. The molecule has 0 fully saturated rings. The maximum atomic E-state index is 4.57. The highest BCUT2D eigenvalue weighted by Crippen LogP contribution is 2.17. The van der Waals surface area contributed by atoms with Gasteiger partial charge in [0.2, 0.25) is 0 Å². The van der Waals surface area contributed by atoms with Gasteiger partial charge >= 0.3 is 0 Å². The second kappa shape index (κ2) is 5.83. The number of rotatable bonds is 4. The molecule has 0 aliphatic rings. The fourth-order valence-electron chi connectivity index (χ4n) is 2.06. The lowest BCUT2D eigenvalue weighted by Crippen LogP contribution is -2.00. The SMILES string of the molecule is C=C(N=C(C)Cc1ccc2ccccc2c1)C(C)C. The Bertz CT molecular complexity index is 620. The van der Waals surface area contributed by atoms with Crippen LogP contribution >= 0.6 is 0 Å². The monoisotopic (exact) mass is 251 g/mol. The van der Waals surface area contributed by atoms with Gasteiger partial charge in [-0.3, -0.25) is 4.99 Å². The first-order valence-corrected chi connectivity index (χ1v) is 6.77. The number of hydrogen-bond acceptors (Lipinski definition) is 1. The molecular formula is C18H21N. The number of hydrogen-bond donors (Lipinski definition) is 0. The van der Waals surface area contributed by atoms with E-state index in [2.05, 4.69) is 74.8 Å². The van der Waals surface area contributed by atoms with Crippen LogP contribution in [0.15, 0.2) is 59.7 Å². The number of fused-ring (bicyclic) bond motifs is 1. The van der Waals surface area contributed by atoms with Gasteiger partial charge in [0.1, 0.15) is 0 Å². The normalized spacial score (nSPS) is 12.1. The second-order valence-electron chi connectivity index (χ2n) is 5.35. The molecule has 2 aromatic rings. The highest BCUT2D eigenvalue weighted by Gasteiger charge is 2.01. The smallest absolute Gasteiger partial charge is 0.0356 e. The summed E-state index contributed by atoms with van der Waals surface area (Å²) in [7, 11) is 0. The van der Waals surface area contributed by atoms with Crippen LogP contribution in [-0.4, -0.2) is 5.71 Å². The maximum absolute atomic E-state index is 4.57. The van der Waals surface area contributed by atoms with Gasteiger partial charge in [0.05, 0.1) is 0 Å². The molecule has 0 unspecified atom stereocenters. The first kappa shape index (κ1) is 13.5. The van der Waals surface area contributed by atoms with Gasteiger partial charge in [-0.1, -0.05) is 62.9 Å². The fraction of sp³-hybridized carbons (Fsp3) is 0.278. The minimum absolute atomic E-state index is 0.409. The Labute approximate surface area is 115 Å². The van der Waals surface area contributed by atoms with Gasteiger partial charge in [-0.05, 0) is 29.2 Å². The summed E-state index contributed by atoms with van der Waals surface area (Å²) >= 11 is 0. The van der Waals surface area contributed by atoms with Crippen molar-refractivity contribution in [1.82, 2.24) is 0 Å². The van der Waals surface area contributed by atoms with E-state index in [-0.39, 0.29) is 0 Å². The lowest BCUT2D eigenvalue weighted by Gasteiger charge is -2.07. The molecule has 0 amide bonds. The molecule has 0 heterocycles. The summed E-state index contributed by atoms with van der Waals surface area (Å²) in [6.45, 7) is 10.3. The lowest BCUT2D eigenvalue weighted by molar-refractivity contribution is 0.761. The largest absolute Gasteiger partial charge is 0.263 e. The summed E-state index contributed by atoms with van der Waals surface area (Å²) in [5.74, 6) is 0.409. The van der Waals surface area contributed by atoms with Crippen LogP contribution in [0.3, 0.4) is 0 Å². The Kier molecular flexibility index (Phi) is 4.16. The minimum Gasteiger partial charge on any atom is -0.263 e. The van der Waals surface area contributed by atoms with Crippen LogP contribution in [0.4, 0.5) is 0 Å². The molecular weight excluding hydrogens is 230 g/mol. The molecule has 0 atom stereocenters. The third-order valence-corrected chi connectivity index (χ3v) is 3.27. The molecule has 0 aliphatic heterocycles. The Balaban J connectivity index is 2.19. The van der Waals surface area contributed by atoms with Crippen molar-refractivity contribution in [2.75, 3.05) is 0 Å². The summed E-state index contributed by atoms with van der Waals surface area (Å²) in [5.41, 5.74) is 3.38. The first-order valence-electron chi connectivity index (χ1n) is 6.77. The quantitative estimate of drug-likeness (QED) is 0.677. The Hall–Kier alpha value is -1.89. The topological polar surface area (TPSA) is 12.4 Å². The van der Waals surface area contributed by atoms with Crippen LogP contribution in [0, 0.1) is 5.92 Å². The number of benzene rings is 2. The molecule has 19 heavy (non-hydrogen) atoms. The van der Waals surface area contributed by atoms with E-state index in [0.717, 1.165) is 17.8 Å². The van der Waals surface area contributed by atoms with E-state index < -0.39 is 0 Å². The number of aliphatic imine (C=N–C) groups is 1. The van der Waals surface area contributed by atoms with Crippen molar-refractivity contribution in [3.8, 4) is 0 Å². The van der Waals surface area contributed by atoms with Crippen molar-refractivity contribution in [1.29, 1.82) is 0 Å². The molecule has 2 aromatic carbocycles. The predicted molar refractivity (Wildman–Crippen MR) is 84.7 cm³/mol. The number of allylic oxidation sites excluding steroid dienone is 1. The standard InChI is InChI=1S/C18H21N/c1-13(2)15(4)19-14(3)11-16-9-10-17-7-5-6-8-18(17)12-16/h5-10,12-13H,4,11H2,1-3H3.